The molecule has 1 saturated carbocycles. The Labute approximate surface area is 115 Å². The van der Waals surface area contributed by atoms with E-state index in [9.17, 15) is 0 Å². The minimum atomic E-state index is 0. The lowest BCUT2D eigenvalue weighted by atomic mass is 10.0. The molecule has 2 N–H and O–H groups in total. The molecular weight excluding hydrogens is 250 g/mol. The van der Waals surface area contributed by atoms with E-state index in [1.807, 2.05) is 25.1 Å². The SMILES string of the molecule is CCOc1cc([C@@H](N)CC2CC2)ccc1OC.Cl. The van der Waals surface area contributed by atoms with Gasteiger partial charge in [-0.1, -0.05) is 18.9 Å². The fourth-order valence-corrected chi connectivity index (χ4v) is 2.04. The molecule has 0 bridgehead atoms. The van der Waals surface area contributed by atoms with Gasteiger partial charge in [-0.15, -0.1) is 12.4 Å². The smallest absolute Gasteiger partial charge is 0.161 e. The van der Waals surface area contributed by atoms with Gasteiger partial charge in [0.1, 0.15) is 0 Å². The quantitative estimate of drug-likeness (QED) is 0.863. The van der Waals surface area contributed by atoms with Crippen LogP contribution in [0.15, 0.2) is 18.2 Å². The van der Waals surface area contributed by atoms with Crippen LogP contribution in [0, 0.1) is 5.92 Å². The first-order valence-corrected chi connectivity index (χ1v) is 6.31. The molecule has 0 aliphatic heterocycles. The Morgan fingerprint density at radius 3 is 2.61 bits per heavy atom. The maximum absolute atomic E-state index is 6.20. The van der Waals surface area contributed by atoms with Crippen molar-refractivity contribution < 1.29 is 9.47 Å². The van der Waals surface area contributed by atoms with Gasteiger partial charge in [0.05, 0.1) is 13.7 Å². The molecule has 1 atom stereocenters. The van der Waals surface area contributed by atoms with Gasteiger partial charge in [0.25, 0.3) is 0 Å². The summed E-state index contributed by atoms with van der Waals surface area (Å²) < 4.78 is 10.8. The van der Waals surface area contributed by atoms with E-state index < -0.39 is 0 Å². The molecule has 0 heterocycles. The number of benzene rings is 1. The Balaban J connectivity index is 0.00000162. The third kappa shape index (κ3) is 3.79. The Kier molecular flexibility index (Phi) is 5.76. The second-order valence-electron chi connectivity index (χ2n) is 4.63. The highest BCUT2D eigenvalue weighted by atomic mass is 35.5. The van der Waals surface area contributed by atoms with Crippen LogP contribution in [0.5, 0.6) is 11.5 Å². The zero-order valence-electron chi connectivity index (χ0n) is 11.0. The van der Waals surface area contributed by atoms with Crippen LogP contribution in [0.25, 0.3) is 0 Å². The summed E-state index contributed by atoms with van der Waals surface area (Å²) in [5.41, 5.74) is 7.34. The van der Waals surface area contributed by atoms with Gasteiger partial charge in [0.15, 0.2) is 11.5 Å². The summed E-state index contributed by atoms with van der Waals surface area (Å²) >= 11 is 0. The summed E-state index contributed by atoms with van der Waals surface area (Å²) in [4.78, 5) is 0. The average Bonchev–Trinajstić information content (AvgIpc) is 3.13. The van der Waals surface area contributed by atoms with Crippen LogP contribution in [0.4, 0.5) is 0 Å². The van der Waals surface area contributed by atoms with Gasteiger partial charge in [0, 0.05) is 6.04 Å². The number of halogens is 1. The molecule has 0 aromatic heterocycles. The molecule has 4 heteroatoms. The van der Waals surface area contributed by atoms with Gasteiger partial charge in [-0.25, -0.2) is 0 Å². The Morgan fingerprint density at radius 1 is 1.33 bits per heavy atom. The summed E-state index contributed by atoms with van der Waals surface area (Å²) in [7, 11) is 1.65. The standard InChI is InChI=1S/C14H21NO2.ClH/c1-3-17-14-9-11(6-7-13(14)16-2)12(15)8-10-4-5-10;/h6-7,9-10,12H,3-5,8,15H2,1-2H3;1H/t12-;/m0./s1. The minimum Gasteiger partial charge on any atom is -0.493 e. The van der Waals surface area contributed by atoms with Crippen LogP contribution in [-0.2, 0) is 0 Å². The molecule has 0 amide bonds. The normalized spacial score (nSPS) is 15.7. The fourth-order valence-electron chi connectivity index (χ4n) is 2.04. The van der Waals surface area contributed by atoms with Gasteiger partial charge < -0.3 is 15.2 Å². The molecule has 1 aliphatic rings. The first kappa shape index (κ1) is 15.1. The van der Waals surface area contributed by atoms with E-state index in [4.69, 9.17) is 15.2 Å². The van der Waals surface area contributed by atoms with Crippen LogP contribution in [0.3, 0.4) is 0 Å². The molecule has 1 aromatic carbocycles. The lowest BCUT2D eigenvalue weighted by Gasteiger charge is -2.15. The van der Waals surface area contributed by atoms with E-state index in [2.05, 4.69) is 0 Å². The average molecular weight is 272 g/mol. The van der Waals surface area contributed by atoms with Crippen LogP contribution < -0.4 is 15.2 Å². The van der Waals surface area contributed by atoms with Crippen molar-refractivity contribution in [3.63, 3.8) is 0 Å². The highest BCUT2D eigenvalue weighted by Crippen LogP contribution is 2.38. The minimum absolute atomic E-state index is 0. The largest absolute Gasteiger partial charge is 0.493 e. The van der Waals surface area contributed by atoms with Crippen LogP contribution in [0.2, 0.25) is 0 Å². The van der Waals surface area contributed by atoms with Gasteiger partial charge in [-0.3, -0.25) is 0 Å². The highest BCUT2D eigenvalue weighted by molar-refractivity contribution is 5.85. The van der Waals surface area contributed by atoms with Crippen LogP contribution in [-0.4, -0.2) is 13.7 Å². The van der Waals surface area contributed by atoms with Gasteiger partial charge in [0.2, 0.25) is 0 Å². The summed E-state index contributed by atoms with van der Waals surface area (Å²) in [5.74, 6) is 2.40. The van der Waals surface area contributed by atoms with E-state index in [0.717, 1.165) is 29.4 Å². The second-order valence-corrected chi connectivity index (χ2v) is 4.63. The van der Waals surface area contributed by atoms with Crippen molar-refractivity contribution in [1.29, 1.82) is 0 Å². The van der Waals surface area contributed by atoms with E-state index in [-0.39, 0.29) is 18.4 Å². The number of methoxy groups -OCH3 is 1. The molecule has 2 rings (SSSR count). The molecule has 0 unspecified atom stereocenters. The summed E-state index contributed by atoms with van der Waals surface area (Å²) in [6.45, 7) is 2.61. The maximum atomic E-state index is 6.20. The van der Waals surface area contributed by atoms with Crippen molar-refractivity contribution in [2.45, 2.75) is 32.2 Å². The number of rotatable bonds is 6. The lowest BCUT2D eigenvalue weighted by Crippen LogP contribution is -2.11. The van der Waals surface area contributed by atoms with Gasteiger partial charge >= 0.3 is 0 Å². The molecule has 1 fully saturated rings. The number of hydrogen-bond donors (Lipinski definition) is 1. The molecule has 0 spiro atoms. The van der Waals surface area contributed by atoms with Crippen molar-refractivity contribution >= 4 is 12.4 Å². The van der Waals surface area contributed by atoms with Crippen molar-refractivity contribution in [1.82, 2.24) is 0 Å². The van der Waals surface area contributed by atoms with Gasteiger partial charge in [-0.2, -0.15) is 0 Å². The first-order valence-electron chi connectivity index (χ1n) is 6.31. The summed E-state index contributed by atoms with van der Waals surface area (Å²) in [6.07, 6.45) is 3.75. The van der Waals surface area contributed by atoms with Crippen molar-refractivity contribution in [2.24, 2.45) is 11.7 Å². The Morgan fingerprint density at radius 2 is 2.06 bits per heavy atom. The summed E-state index contributed by atoms with van der Waals surface area (Å²) in [6, 6.07) is 6.10. The number of ether oxygens (including phenoxy) is 2. The van der Waals surface area contributed by atoms with Crippen LogP contribution >= 0.6 is 12.4 Å². The monoisotopic (exact) mass is 271 g/mol. The zero-order valence-corrected chi connectivity index (χ0v) is 11.8. The number of hydrogen-bond acceptors (Lipinski definition) is 3. The van der Waals surface area contributed by atoms with Crippen molar-refractivity contribution in [3.05, 3.63) is 23.8 Å². The van der Waals surface area contributed by atoms with E-state index in [0.29, 0.717) is 6.61 Å². The third-order valence-electron chi connectivity index (χ3n) is 3.20. The molecular formula is C14H22ClNO2. The predicted octanol–water partition coefficient (Wildman–Crippen LogP) is 3.32. The van der Waals surface area contributed by atoms with Crippen molar-refractivity contribution in [3.8, 4) is 11.5 Å². The van der Waals surface area contributed by atoms with Gasteiger partial charge in [-0.05, 0) is 37.0 Å². The molecule has 0 saturated heterocycles. The van der Waals surface area contributed by atoms with Crippen molar-refractivity contribution in [2.75, 3.05) is 13.7 Å². The van der Waals surface area contributed by atoms with E-state index >= 15 is 0 Å². The predicted molar refractivity (Wildman–Crippen MR) is 75.7 cm³/mol. The van der Waals surface area contributed by atoms with E-state index in [1.54, 1.807) is 7.11 Å². The molecule has 18 heavy (non-hydrogen) atoms. The van der Waals surface area contributed by atoms with Crippen LogP contribution in [0.1, 0.15) is 37.8 Å². The maximum Gasteiger partial charge on any atom is 0.161 e. The second kappa shape index (κ2) is 6.86. The highest BCUT2D eigenvalue weighted by Gasteiger charge is 2.24. The first-order chi connectivity index (χ1) is 8.24. The number of nitrogens with two attached hydrogens (primary N) is 1. The third-order valence-corrected chi connectivity index (χ3v) is 3.20. The Bertz CT molecular complexity index is 380. The lowest BCUT2D eigenvalue weighted by molar-refractivity contribution is 0.310. The molecule has 3 nitrogen and oxygen atoms in total. The zero-order chi connectivity index (χ0) is 12.3. The molecule has 102 valence electrons. The van der Waals surface area contributed by atoms with E-state index in [1.165, 1.54) is 12.8 Å². The molecule has 0 radical (unpaired) electrons. The Hall–Kier alpha value is -0.930. The summed E-state index contributed by atoms with van der Waals surface area (Å²) in [5, 5.41) is 0. The molecule has 1 aliphatic carbocycles. The topological polar surface area (TPSA) is 44.5 Å². The fraction of sp³-hybridized carbons (Fsp3) is 0.571. The molecule has 1 aromatic rings.